The van der Waals surface area contributed by atoms with Crippen LogP contribution < -0.4 is 10.6 Å². The largest absolute Gasteiger partial charge is 0.352 e. The Morgan fingerprint density at radius 2 is 1.95 bits per heavy atom. The molecular weight excluding hydrogens is 300 g/mol. The molecule has 2 aromatic rings. The summed E-state index contributed by atoms with van der Waals surface area (Å²) < 4.78 is 0. The average Bonchev–Trinajstić information content (AvgIpc) is 2.50. The van der Waals surface area contributed by atoms with E-state index < -0.39 is 0 Å². The maximum atomic E-state index is 12.1. The Morgan fingerprint density at radius 3 is 2.73 bits per heavy atom. The number of fused-ring (bicyclic) bond motifs is 1. The van der Waals surface area contributed by atoms with E-state index in [0.29, 0.717) is 22.8 Å². The van der Waals surface area contributed by atoms with Crippen LogP contribution in [0, 0.1) is 0 Å². The third-order valence-corrected chi connectivity index (χ3v) is 3.85. The molecule has 1 aliphatic rings. The molecule has 0 saturated carbocycles. The van der Waals surface area contributed by atoms with Crippen molar-refractivity contribution < 1.29 is 9.59 Å². The van der Waals surface area contributed by atoms with Crippen LogP contribution in [0.4, 0.5) is 5.69 Å². The summed E-state index contributed by atoms with van der Waals surface area (Å²) in [7, 11) is 0. The fraction of sp³-hybridized carbons (Fsp3) is 0.176. The second-order valence-electron chi connectivity index (χ2n) is 5.23. The number of hydrogen-bond donors (Lipinski definition) is 2. The first kappa shape index (κ1) is 14.6. The molecule has 0 radical (unpaired) electrons. The molecule has 22 heavy (non-hydrogen) atoms. The van der Waals surface area contributed by atoms with Gasteiger partial charge < -0.3 is 10.6 Å². The molecular formula is C17H15ClN2O2. The van der Waals surface area contributed by atoms with E-state index in [1.807, 2.05) is 24.3 Å². The lowest BCUT2D eigenvalue weighted by Gasteiger charge is -2.17. The molecule has 2 aromatic carbocycles. The summed E-state index contributed by atoms with van der Waals surface area (Å²) in [5.74, 6) is -0.214. The normalized spacial score (nSPS) is 13.2. The zero-order valence-electron chi connectivity index (χ0n) is 11.9. The van der Waals surface area contributed by atoms with Crippen molar-refractivity contribution in [2.45, 2.75) is 12.8 Å². The van der Waals surface area contributed by atoms with Crippen molar-refractivity contribution in [3.63, 3.8) is 0 Å². The second-order valence-corrected chi connectivity index (χ2v) is 5.67. The van der Waals surface area contributed by atoms with Gasteiger partial charge in [0.1, 0.15) is 0 Å². The minimum Gasteiger partial charge on any atom is -0.352 e. The number of hydrogen-bond acceptors (Lipinski definition) is 2. The predicted molar refractivity (Wildman–Crippen MR) is 86.3 cm³/mol. The van der Waals surface area contributed by atoms with Gasteiger partial charge in [-0.15, -0.1) is 0 Å². The number of nitrogens with one attached hydrogen (secondary N) is 2. The molecule has 0 unspecified atom stereocenters. The van der Waals surface area contributed by atoms with E-state index in [1.165, 1.54) is 0 Å². The van der Waals surface area contributed by atoms with E-state index in [4.69, 9.17) is 11.6 Å². The average molecular weight is 315 g/mol. The molecule has 0 spiro atoms. The molecule has 112 valence electrons. The van der Waals surface area contributed by atoms with Crippen LogP contribution in [-0.2, 0) is 17.6 Å². The summed E-state index contributed by atoms with van der Waals surface area (Å²) in [4.78, 5) is 23.9. The van der Waals surface area contributed by atoms with Gasteiger partial charge in [0.05, 0.1) is 6.42 Å². The Hall–Kier alpha value is -2.33. The summed E-state index contributed by atoms with van der Waals surface area (Å²) in [5.41, 5.74) is 3.17. The van der Waals surface area contributed by atoms with E-state index >= 15 is 0 Å². The van der Waals surface area contributed by atoms with E-state index in [-0.39, 0.29) is 18.2 Å². The standard InChI is InChI=1S/C17H15ClN2O2/c18-13-4-1-11(2-5-13)9-16(21)20-14-6-3-12-7-8-19-17(22)15(12)10-14/h1-6,10H,7-9H2,(H,19,22)(H,20,21). The minimum absolute atomic E-state index is 0.0879. The second kappa shape index (κ2) is 6.20. The van der Waals surface area contributed by atoms with Crippen molar-refractivity contribution in [2.24, 2.45) is 0 Å². The van der Waals surface area contributed by atoms with E-state index in [1.54, 1.807) is 18.2 Å². The summed E-state index contributed by atoms with van der Waals surface area (Å²) in [6.45, 7) is 0.661. The van der Waals surface area contributed by atoms with E-state index in [9.17, 15) is 9.59 Å². The van der Waals surface area contributed by atoms with Crippen LogP contribution in [-0.4, -0.2) is 18.4 Å². The molecule has 0 atom stereocenters. The maximum absolute atomic E-state index is 12.1. The van der Waals surface area contributed by atoms with Crippen LogP contribution in [0.25, 0.3) is 0 Å². The van der Waals surface area contributed by atoms with Crippen molar-refractivity contribution in [3.05, 3.63) is 64.2 Å². The van der Waals surface area contributed by atoms with E-state index in [0.717, 1.165) is 17.5 Å². The molecule has 0 aliphatic carbocycles. The van der Waals surface area contributed by atoms with Crippen LogP contribution in [0.2, 0.25) is 5.02 Å². The fourth-order valence-corrected chi connectivity index (χ4v) is 2.61. The molecule has 0 aromatic heterocycles. The van der Waals surface area contributed by atoms with Gasteiger partial charge in [0.25, 0.3) is 5.91 Å². The monoisotopic (exact) mass is 314 g/mol. The Labute approximate surface area is 133 Å². The van der Waals surface area contributed by atoms with Crippen LogP contribution in [0.15, 0.2) is 42.5 Å². The summed E-state index contributed by atoms with van der Waals surface area (Å²) >= 11 is 5.82. The fourth-order valence-electron chi connectivity index (χ4n) is 2.48. The summed E-state index contributed by atoms with van der Waals surface area (Å²) in [6.07, 6.45) is 1.08. The number of rotatable bonds is 3. The highest BCUT2D eigenvalue weighted by atomic mass is 35.5. The highest BCUT2D eigenvalue weighted by Crippen LogP contribution is 2.19. The lowest BCUT2D eigenvalue weighted by molar-refractivity contribution is -0.115. The van der Waals surface area contributed by atoms with Gasteiger partial charge in [0, 0.05) is 22.8 Å². The van der Waals surface area contributed by atoms with Crippen molar-refractivity contribution in [1.82, 2.24) is 5.32 Å². The first-order valence-corrected chi connectivity index (χ1v) is 7.45. The molecule has 2 N–H and O–H groups in total. The van der Waals surface area contributed by atoms with Gasteiger partial charge in [-0.05, 0) is 41.8 Å². The quantitative estimate of drug-likeness (QED) is 0.915. The molecule has 4 nitrogen and oxygen atoms in total. The minimum atomic E-state index is -0.126. The molecule has 0 saturated heterocycles. The molecule has 0 bridgehead atoms. The predicted octanol–water partition coefficient (Wildman–Crippen LogP) is 2.81. The number of benzene rings is 2. The molecule has 5 heteroatoms. The molecule has 0 fully saturated rings. The van der Waals surface area contributed by atoms with Gasteiger partial charge >= 0.3 is 0 Å². The molecule has 2 amide bonds. The number of anilines is 1. The zero-order chi connectivity index (χ0) is 15.5. The van der Waals surface area contributed by atoms with Gasteiger partial charge in [-0.1, -0.05) is 29.8 Å². The Bertz CT molecular complexity index is 726. The maximum Gasteiger partial charge on any atom is 0.251 e. The molecule has 3 rings (SSSR count). The Morgan fingerprint density at radius 1 is 1.18 bits per heavy atom. The first-order valence-electron chi connectivity index (χ1n) is 7.07. The highest BCUT2D eigenvalue weighted by Gasteiger charge is 2.17. The zero-order valence-corrected chi connectivity index (χ0v) is 12.6. The van der Waals surface area contributed by atoms with Crippen molar-refractivity contribution in [1.29, 1.82) is 0 Å². The van der Waals surface area contributed by atoms with Gasteiger partial charge in [0.15, 0.2) is 0 Å². The molecule has 1 aliphatic heterocycles. The Kier molecular flexibility index (Phi) is 4.11. The van der Waals surface area contributed by atoms with Crippen molar-refractivity contribution >= 4 is 29.1 Å². The van der Waals surface area contributed by atoms with Gasteiger partial charge in [0.2, 0.25) is 5.91 Å². The van der Waals surface area contributed by atoms with Crippen molar-refractivity contribution in [3.8, 4) is 0 Å². The van der Waals surface area contributed by atoms with Gasteiger partial charge in [-0.3, -0.25) is 9.59 Å². The summed E-state index contributed by atoms with van der Waals surface area (Å²) in [6, 6.07) is 12.6. The number of amides is 2. The number of carbonyl (C=O) groups excluding carboxylic acids is 2. The van der Waals surface area contributed by atoms with Crippen LogP contribution in [0.1, 0.15) is 21.5 Å². The van der Waals surface area contributed by atoms with Crippen LogP contribution >= 0.6 is 11.6 Å². The Balaban J connectivity index is 1.70. The molecule has 1 heterocycles. The van der Waals surface area contributed by atoms with E-state index in [2.05, 4.69) is 10.6 Å². The lowest BCUT2D eigenvalue weighted by Crippen LogP contribution is -2.31. The lowest BCUT2D eigenvalue weighted by atomic mass is 10.00. The third-order valence-electron chi connectivity index (χ3n) is 3.60. The SMILES string of the molecule is O=C(Cc1ccc(Cl)cc1)Nc1ccc2c(c1)C(=O)NCC2. The third kappa shape index (κ3) is 3.28. The van der Waals surface area contributed by atoms with Crippen LogP contribution in [0.5, 0.6) is 0 Å². The van der Waals surface area contributed by atoms with Gasteiger partial charge in [-0.25, -0.2) is 0 Å². The van der Waals surface area contributed by atoms with Gasteiger partial charge in [-0.2, -0.15) is 0 Å². The topological polar surface area (TPSA) is 58.2 Å². The highest BCUT2D eigenvalue weighted by molar-refractivity contribution is 6.30. The van der Waals surface area contributed by atoms with Crippen molar-refractivity contribution in [2.75, 3.05) is 11.9 Å². The summed E-state index contributed by atoms with van der Waals surface area (Å²) in [5, 5.41) is 6.27. The number of carbonyl (C=O) groups is 2. The smallest absolute Gasteiger partial charge is 0.251 e. The number of halogens is 1. The van der Waals surface area contributed by atoms with Crippen LogP contribution in [0.3, 0.4) is 0 Å². The first-order chi connectivity index (χ1) is 10.6.